The number of likely N-dealkylation sites (tertiary alicyclic amines) is 1. The van der Waals surface area contributed by atoms with Crippen LogP contribution in [0.5, 0.6) is 0 Å². The van der Waals surface area contributed by atoms with Crippen LogP contribution in [0.4, 0.5) is 0 Å². The zero-order valence-corrected chi connectivity index (χ0v) is 26.4. The number of esters is 2. The van der Waals surface area contributed by atoms with Crippen LogP contribution in [0.1, 0.15) is 102 Å². The average Bonchev–Trinajstić information content (AvgIpc) is 3.71. The fourth-order valence-electron chi connectivity index (χ4n) is 6.53. The fourth-order valence-corrected chi connectivity index (χ4v) is 6.53. The average molecular weight is 613 g/mol. The van der Waals surface area contributed by atoms with E-state index in [0.29, 0.717) is 25.9 Å². The van der Waals surface area contributed by atoms with Gasteiger partial charge in [-0.15, -0.1) is 0 Å². The molecule has 0 spiro atoms. The van der Waals surface area contributed by atoms with E-state index in [1.807, 2.05) is 30.3 Å². The number of aryl methyl sites for hydroxylation is 2. The van der Waals surface area contributed by atoms with Crippen molar-refractivity contribution in [1.29, 1.82) is 0 Å². The van der Waals surface area contributed by atoms with E-state index in [9.17, 15) is 19.2 Å². The second-order valence-electron chi connectivity index (χ2n) is 12.2. The lowest BCUT2D eigenvalue weighted by Gasteiger charge is -2.32. The molecule has 10 heteroatoms. The van der Waals surface area contributed by atoms with E-state index < -0.39 is 29.9 Å². The highest BCUT2D eigenvalue weighted by Gasteiger charge is 2.50. The number of unbranched alkanes of at least 4 members (excludes halogenated alkanes) is 5. The minimum atomic E-state index is -0.859. The molecule has 10 nitrogen and oxygen atoms in total. The van der Waals surface area contributed by atoms with E-state index >= 15 is 0 Å². The van der Waals surface area contributed by atoms with Crippen LogP contribution in [0, 0.1) is 12.8 Å². The lowest BCUT2D eigenvalue weighted by atomic mass is 10.0. The van der Waals surface area contributed by atoms with Crippen molar-refractivity contribution >= 4 is 17.8 Å². The van der Waals surface area contributed by atoms with Gasteiger partial charge in [-0.05, 0) is 63.9 Å². The summed E-state index contributed by atoms with van der Waals surface area (Å²) in [6, 6.07) is 7.59. The molecule has 2 fully saturated rings. The molecule has 44 heavy (non-hydrogen) atoms. The molecule has 2 heterocycles. The van der Waals surface area contributed by atoms with Gasteiger partial charge in [0, 0.05) is 6.04 Å². The van der Waals surface area contributed by atoms with Gasteiger partial charge in [0.05, 0.1) is 12.6 Å². The molecule has 242 valence electrons. The molecule has 2 aliphatic rings. The first-order valence-electron chi connectivity index (χ1n) is 16.3. The third-order valence-electron chi connectivity index (χ3n) is 8.96. The molecule has 1 saturated carbocycles. The zero-order chi connectivity index (χ0) is 31.5. The highest BCUT2D eigenvalue weighted by molar-refractivity contribution is 5.89. The standard InChI is InChI=1S/C34H48N2O8/c1-4-5-6-7-8-12-20-41-33(39)29-21-26-16-13-17-28(26)36(29)31(37)23(2)35-27(19-18-25-14-10-9-11-15-25)32(38)42-22-30-24(3)43-34(40)44-30/h9-11,14-15,23,26-29,35H,4-8,12-13,16-22H2,1-3H3/t23-,26-,27-,28-,29-/m0/s1. The summed E-state index contributed by atoms with van der Waals surface area (Å²) in [6.07, 6.45) is 11.1. The number of nitrogens with one attached hydrogen (secondary N) is 1. The molecule has 0 unspecified atom stereocenters. The van der Waals surface area contributed by atoms with E-state index in [4.69, 9.17) is 18.3 Å². The molecule has 5 atom stereocenters. The summed E-state index contributed by atoms with van der Waals surface area (Å²) < 4.78 is 21.0. The number of benzene rings is 1. The van der Waals surface area contributed by atoms with Crippen molar-refractivity contribution in [3.8, 4) is 0 Å². The predicted molar refractivity (Wildman–Crippen MR) is 164 cm³/mol. The summed E-state index contributed by atoms with van der Waals surface area (Å²) in [6.45, 7) is 5.58. The molecule has 1 aromatic heterocycles. The molecule has 0 bridgehead atoms. The highest BCUT2D eigenvalue weighted by atomic mass is 16.6. The van der Waals surface area contributed by atoms with Gasteiger partial charge in [0.1, 0.15) is 12.1 Å². The Labute approximate surface area is 259 Å². The molecule has 1 amide bonds. The Morgan fingerprint density at radius 1 is 1.02 bits per heavy atom. The number of fused-ring (bicyclic) bond motifs is 1. The number of nitrogens with zero attached hydrogens (tertiary/aromatic N) is 1. The van der Waals surface area contributed by atoms with Crippen molar-refractivity contribution in [3.05, 3.63) is 58.0 Å². The van der Waals surface area contributed by atoms with Crippen LogP contribution in [-0.4, -0.2) is 53.5 Å². The molecule has 1 saturated heterocycles. The van der Waals surface area contributed by atoms with Crippen molar-refractivity contribution in [2.75, 3.05) is 6.61 Å². The first-order valence-corrected chi connectivity index (χ1v) is 16.3. The van der Waals surface area contributed by atoms with Crippen LogP contribution < -0.4 is 11.1 Å². The van der Waals surface area contributed by atoms with E-state index in [1.165, 1.54) is 19.3 Å². The Hall–Kier alpha value is -3.40. The minimum Gasteiger partial charge on any atom is -0.464 e. The predicted octanol–water partition coefficient (Wildman–Crippen LogP) is 5.24. The summed E-state index contributed by atoms with van der Waals surface area (Å²) in [5, 5.41) is 3.20. The van der Waals surface area contributed by atoms with Gasteiger partial charge in [-0.3, -0.25) is 14.9 Å². The molecule has 1 N–H and O–H groups in total. The van der Waals surface area contributed by atoms with Crippen LogP contribution in [0.15, 0.2) is 44.0 Å². The summed E-state index contributed by atoms with van der Waals surface area (Å²) in [4.78, 5) is 53.7. The Kier molecular flexibility index (Phi) is 12.6. The van der Waals surface area contributed by atoms with E-state index in [0.717, 1.165) is 44.1 Å². The third-order valence-corrected chi connectivity index (χ3v) is 8.96. The number of carbonyl (C=O) groups excluding carboxylic acids is 3. The van der Waals surface area contributed by atoms with E-state index in [-0.39, 0.29) is 42.0 Å². The Balaban J connectivity index is 1.39. The van der Waals surface area contributed by atoms with Crippen molar-refractivity contribution in [2.45, 2.75) is 129 Å². The molecule has 1 aromatic carbocycles. The van der Waals surface area contributed by atoms with E-state index in [2.05, 4.69) is 12.2 Å². The van der Waals surface area contributed by atoms with Crippen LogP contribution in [0.3, 0.4) is 0 Å². The second kappa shape index (κ2) is 16.6. The first kappa shape index (κ1) is 33.5. The molecular formula is C34H48N2O8. The van der Waals surface area contributed by atoms with Gasteiger partial charge < -0.3 is 23.2 Å². The maximum Gasteiger partial charge on any atom is 0.519 e. The summed E-state index contributed by atoms with van der Waals surface area (Å²) in [7, 11) is 0. The van der Waals surface area contributed by atoms with Gasteiger partial charge in [-0.25, -0.2) is 9.59 Å². The van der Waals surface area contributed by atoms with Crippen molar-refractivity contribution < 1.29 is 32.7 Å². The number of hydrogen-bond acceptors (Lipinski definition) is 9. The monoisotopic (exact) mass is 612 g/mol. The Morgan fingerprint density at radius 2 is 1.77 bits per heavy atom. The van der Waals surface area contributed by atoms with Gasteiger partial charge in [-0.2, -0.15) is 0 Å². The van der Waals surface area contributed by atoms with Crippen LogP contribution in [0.25, 0.3) is 0 Å². The smallest absolute Gasteiger partial charge is 0.464 e. The van der Waals surface area contributed by atoms with Crippen molar-refractivity contribution in [2.24, 2.45) is 5.92 Å². The van der Waals surface area contributed by atoms with Gasteiger partial charge in [0.25, 0.3) is 0 Å². The molecule has 1 aliphatic heterocycles. The van der Waals surface area contributed by atoms with Gasteiger partial charge in [-0.1, -0.05) is 75.8 Å². The van der Waals surface area contributed by atoms with Crippen LogP contribution in [-0.2, 0) is 36.9 Å². The molecule has 1 aliphatic carbocycles. The molecular weight excluding hydrogens is 564 g/mol. The summed E-state index contributed by atoms with van der Waals surface area (Å²) in [5.41, 5.74) is 1.05. The lowest BCUT2D eigenvalue weighted by molar-refractivity contribution is -0.156. The molecule has 2 aromatic rings. The fraction of sp³-hybridized carbons (Fsp3) is 0.647. The SMILES string of the molecule is CCCCCCCCOC(=O)[C@@H]1C[C@@H]2CCC[C@@H]2N1C(=O)[C@H](C)N[C@@H](CCc1ccccc1)C(=O)OCc1oc(=O)oc1C. The maximum absolute atomic E-state index is 14.0. The number of amides is 1. The topological polar surface area (TPSA) is 128 Å². The molecule has 4 rings (SSSR count). The minimum absolute atomic E-state index is 0.0000267. The molecule has 0 radical (unpaired) electrons. The second-order valence-corrected chi connectivity index (χ2v) is 12.2. The Bertz CT molecular complexity index is 1270. The summed E-state index contributed by atoms with van der Waals surface area (Å²) in [5.74, 6) is -1.30. The van der Waals surface area contributed by atoms with Crippen LogP contribution >= 0.6 is 0 Å². The Morgan fingerprint density at radius 3 is 2.50 bits per heavy atom. The normalized spacial score (nSPS) is 20.7. The van der Waals surface area contributed by atoms with Gasteiger partial charge >= 0.3 is 17.8 Å². The zero-order valence-electron chi connectivity index (χ0n) is 26.4. The van der Waals surface area contributed by atoms with Crippen molar-refractivity contribution in [3.63, 3.8) is 0 Å². The van der Waals surface area contributed by atoms with Gasteiger partial charge in [0.2, 0.25) is 5.91 Å². The van der Waals surface area contributed by atoms with Crippen molar-refractivity contribution in [1.82, 2.24) is 10.2 Å². The number of hydrogen-bond donors (Lipinski definition) is 1. The lowest BCUT2D eigenvalue weighted by Crippen LogP contribution is -2.55. The highest BCUT2D eigenvalue weighted by Crippen LogP contribution is 2.42. The van der Waals surface area contributed by atoms with Crippen LogP contribution in [0.2, 0.25) is 0 Å². The van der Waals surface area contributed by atoms with Gasteiger partial charge in [0.15, 0.2) is 18.1 Å². The number of ether oxygens (including phenoxy) is 2. The quantitative estimate of drug-likeness (QED) is 0.188. The third kappa shape index (κ3) is 9.06. The maximum atomic E-state index is 14.0. The largest absolute Gasteiger partial charge is 0.519 e. The number of rotatable bonds is 17. The number of carbonyl (C=O) groups is 3. The first-order chi connectivity index (χ1) is 21.3. The van der Waals surface area contributed by atoms with E-state index in [1.54, 1.807) is 18.7 Å². The summed E-state index contributed by atoms with van der Waals surface area (Å²) >= 11 is 0.